The minimum absolute atomic E-state index is 0.0156. The van der Waals surface area contributed by atoms with Crippen LogP contribution in [0, 0.1) is 11.3 Å². The van der Waals surface area contributed by atoms with Crippen molar-refractivity contribution in [2.24, 2.45) is 0 Å². The molecule has 0 bridgehead atoms. The van der Waals surface area contributed by atoms with Crippen LogP contribution in [0.5, 0.6) is 0 Å². The first-order valence-electron chi connectivity index (χ1n) is 6.58. The van der Waals surface area contributed by atoms with Crippen LogP contribution in [0.4, 0.5) is 0 Å². The number of nitrogens with one attached hydrogen (secondary N) is 1. The molecule has 0 spiro atoms. The van der Waals surface area contributed by atoms with Crippen LogP contribution in [0.2, 0.25) is 0 Å². The lowest BCUT2D eigenvalue weighted by atomic mass is 9.94. The fourth-order valence-corrected chi connectivity index (χ4v) is 2.51. The molecule has 2 nitrogen and oxygen atoms in total. The number of hydrogen-bond donors (Lipinski definition) is 1. The lowest BCUT2D eigenvalue weighted by Crippen LogP contribution is -2.33. The van der Waals surface area contributed by atoms with Gasteiger partial charge in [0.1, 0.15) is 0 Å². The van der Waals surface area contributed by atoms with Crippen molar-refractivity contribution in [3.8, 4) is 6.07 Å². The third-order valence-corrected chi connectivity index (χ3v) is 3.57. The van der Waals surface area contributed by atoms with Gasteiger partial charge in [-0.05, 0) is 18.4 Å². The van der Waals surface area contributed by atoms with Gasteiger partial charge in [-0.3, -0.25) is 0 Å². The predicted molar refractivity (Wildman–Crippen MR) is 69.7 cm³/mol. The topological polar surface area (TPSA) is 35.8 Å². The van der Waals surface area contributed by atoms with Gasteiger partial charge in [0.2, 0.25) is 0 Å². The lowest BCUT2D eigenvalue weighted by molar-refractivity contribution is 0.372. The summed E-state index contributed by atoms with van der Waals surface area (Å²) in [6, 6.07) is 13.1. The first-order valence-corrected chi connectivity index (χ1v) is 6.58. The normalized spacial score (nSPS) is 18.5. The number of rotatable bonds is 4. The Labute approximate surface area is 104 Å². The Balaban J connectivity index is 1.86. The second-order valence-corrected chi connectivity index (χ2v) is 4.84. The number of benzene rings is 1. The van der Waals surface area contributed by atoms with Crippen molar-refractivity contribution in [1.29, 1.82) is 5.26 Å². The molecule has 1 aromatic carbocycles. The first-order chi connectivity index (χ1) is 8.40. The molecular formula is C15H20N2. The maximum absolute atomic E-state index is 9.22. The highest BCUT2D eigenvalue weighted by Gasteiger charge is 2.15. The van der Waals surface area contributed by atoms with Crippen LogP contribution in [-0.4, -0.2) is 12.6 Å². The molecule has 0 heterocycles. The molecule has 17 heavy (non-hydrogen) atoms. The molecule has 0 amide bonds. The van der Waals surface area contributed by atoms with E-state index >= 15 is 0 Å². The van der Waals surface area contributed by atoms with E-state index in [2.05, 4.69) is 11.4 Å². The van der Waals surface area contributed by atoms with E-state index in [4.69, 9.17) is 0 Å². The van der Waals surface area contributed by atoms with Gasteiger partial charge in [0.15, 0.2) is 0 Å². The molecule has 0 saturated heterocycles. The van der Waals surface area contributed by atoms with Crippen LogP contribution in [0.15, 0.2) is 30.3 Å². The van der Waals surface area contributed by atoms with Gasteiger partial charge in [0.25, 0.3) is 0 Å². The second kappa shape index (κ2) is 6.42. The summed E-state index contributed by atoms with van der Waals surface area (Å²) in [5, 5.41) is 12.8. The summed E-state index contributed by atoms with van der Waals surface area (Å²) >= 11 is 0. The van der Waals surface area contributed by atoms with Gasteiger partial charge in [0.05, 0.1) is 12.0 Å². The highest BCUT2D eigenvalue weighted by Crippen LogP contribution is 2.19. The molecule has 90 valence electrons. The monoisotopic (exact) mass is 228 g/mol. The molecule has 1 N–H and O–H groups in total. The predicted octanol–water partition coefficient (Wildman–Crippen LogP) is 3.22. The van der Waals surface area contributed by atoms with E-state index in [1.54, 1.807) is 0 Å². The van der Waals surface area contributed by atoms with E-state index < -0.39 is 0 Å². The average molecular weight is 228 g/mol. The average Bonchev–Trinajstić information content (AvgIpc) is 2.42. The Kier molecular flexibility index (Phi) is 4.58. The second-order valence-electron chi connectivity index (χ2n) is 4.84. The van der Waals surface area contributed by atoms with Gasteiger partial charge in [0, 0.05) is 12.6 Å². The van der Waals surface area contributed by atoms with E-state index in [0.717, 1.165) is 12.1 Å². The molecule has 2 heteroatoms. The van der Waals surface area contributed by atoms with Crippen molar-refractivity contribution >= 4 is 0 Å². The Hall–Kier alpha value is -1.33. The quantitative estimate of drug-likeness (QED) is 0.859. The van der Waals surface area contributed by atoms with E-state index in [1.165, 1.54) is 32.1 Å². The number of nitriles is 1. The minimum atomic E-state index is -0.0156. The Morgan fingerprint density at radius 2 is 1.88 bits per heavy atom. The van der Waals surface area contributed by atoms with E-state index in [1.807, 2.05) is 30.3 Å². The fraction of sp³-hybridized carbons (Fsp3) is 0.533. The van der Waals surface area contributed by atoms with Crippen LogP contribution in [0.25, 0.3) is 0 Å². The summed E-state index contributed by atoms with van der Waals surface area (Å²) in [5.41, 5.74) is 1.12. The van der Waals surface area contributed by atoms with Gasteiger partial charge >= 0.3 is 0 Å². The SMILES string of the molecule is N#CC(CNC1CCCCC1)c1ccccc1. The number of nitrogens with zero attached hydrogens (tertiary/aromatic N) is 1. The van der Waals surface area contributed by atoms with E-state index in [0.29, 0.717) is 6.04 Å². The highest BCUT2D eigenvalue weighted by molar-refractivity contribution is 5.25. The zero-order chi connectivity index (χ0) is 11.9. The smallest absolute Gasteiger partial charge is 0.0837 e. The highest BCUT2D eigenvalue weighted by atomic mass is 14.9. The van der Waals surface area contributed by atoms with Crippen molar-refractivity contribution < 1.29 is 0 Å². The molecule has 2 rings (SSSR count). The molecular weight excluding hydrogens is 208 g/mol. The van der Waals surface area contributed by atoms with Crippen LogP contribution >= 0.6 is 0 Å². The van der Waals surface area contributed by atoms with Gasteiger partial charge in [-0.2, -0.15) is 5.26 Å². The molecule has 1 fully saturated rings. The molecule has 1 atom stereocenters. The Morgan fingerprint density at radius 3 is 2.53 bits per heavy atom. The summed E-state index contributed by atoms with van der Waals surface area (Å²) in [6.07, 6.45) is 6.58. The third kappa shape index (κ3) is 3.57. The maximum Gasteiger partial charge on any atom is 0.0837 e. The van der Waals surface area contributed by atoms with Crippen molar-refractivity contribution in [2.45, 2.75) is 44.1 Å². The number of hydrogen-bond acceptors (Lipinski definition) is 2. The van der Waals surface area contributed by atoms with Crippen LogP contribution < -0.4 is 5.32 Å². The molecule has 0 aromatic heterocycles. The van der Waals surface area contributed by atoms with Crippen molar-refractivity contribution in [3.63, 3.8) is 0 Å². The van der Waals surface area contributed by atoms with Crippen LogP contribution in [0.3, 0.4) is 0 Å². The fourth-order valence-electron chi connectivity index (χ4n) is 2.51. The van der Waals surface area contributed by atoms with Crippen molar-refractivity contribution in [1.82, 2.24) is 5.32 Å². The zero-order valence-corrected chi connectivity index (χ0v) is 10.2. The standard InChI is InChI=1S/C15H20N2/c16-11-14(13-7-3-1-4-8-13)12-17-15-9-5-2-6-10-15/h1,3-4,7-8,14-15,17H,2,5-6,9-10,12H2. The summed E-state index contributed by atoms with van der Waals surface area (Å²) in [5.74, 6) is -0.0156. The summed E-state index contributed by atoms with van der Waals surface area (Å²) in [6.45, 7) is 0.783. The van der Waals surface area contributed by atoms with Gasteiger partial charge in [-0.1, -0.05) is 49.6 Å². The Morgan fingerprint density at radius 1 is 1.18 bits per heavy atom. The van der Waals surface area contributed by atoms with Gasteiger partial charge < -0.3 is 5.32 Å². The van der Waals surface area contributed by atoms with E-state index in [9.17, 15) is 5.26 Å². The van der Waals surface area contributed by atoms with Crippen molar-refractivity contribution in [3.05, 3.63) is 35.9 Å². The summed E-state index contributed by atoms with van der Waals surface area (Å²) in [4.78, 5) is 0. The summed E-state index contributed by atoms with van der Waals surface area (Å²) in [7, 11) is 0. The molecule has 1 aliphatic rings. The zero-order valence-electron chi connectivity index (χ0n) is 10.2. The summed E-state index contributed by atoms with van der Waals surface area (Å²) < 4.78 is 0. The molecule has 0 aliphatic heterocycles. The van der Waals surface area contributed by atoms with Gasteiger partial charge in [-0.15, -0.1) is 0 Å². The molecule has 1 aromatic rings. The van der Waals surface area contributed by atoms with Crippen LogP contribution in [-0.2, 0) is 0 Å². The first kappa shape index (κ1) is 12.1. The Bertz CT molecular complexity index is 360. The largest absolute Gasteiger partial charge is 0.312 e. The van der Waals surface area contributed by atoms with E-state index in [-0.39, 0.29) is 5.92 Å². The van der Waals surface area contributed by atoms with Crippen molar-refractivity contribution in [2.75, 3.05) is 6.54 Å². The molecule has 0 radical (unpaired) electrons. The molecule has 1 aliphatic carbocycles. The molecule has 1 unspecified atom stereocenters. The molecule has 1 saturated carbocycles. The third-order valence-electron chi connectivity index (χ3n) is 3.57. The maximum atomic E-state index is 9.22. The lowest BCUT2D eigenvalue weighted by Gasteiger charge is -2.24. The van der Waals surface area contributed by atoms with Gasteiger partial charge in [-0.25, -0.2) is 0 Å². The minimum Gasteiger partial charge on any atom is -0.312 e. The van der Waals surface area contributed by atoms with Crippen LogP contribution in [0.1, 0.15) is 43.6 Å².